The van der Waals surface area contributed by atoms with Gasteiger partial charge < -0.3 is 24.4 Å². The molecule has 2 aromatic rings. The summed E-state index contributed by atoms with van der Waals surface area (Å²) in [7, 11) is 3.46. The van der Waals surface area contributed by atoms with Crippen molar-refractivity contribution in [2.45, 2.75) is 36.6 Å². The van der Waals surface area contributed by atoms with Crippen LogP contribution in [-0.4, -0.2) is 87.8 Å². The molecule has 3 aliphatic rings. The number of carboxylic acid groups (broad SMARTS) is 1. The van der Waals surface area contributed by atoms with Crippen LogP contribution in [0.4, 0.5) is 23.2 Å². The van der Waals surface area contributed by atoms with Crippen LogP contribution < -0.4 is 4.90 Å². The van der Waals surface area contributed by atoms with Gasteiger partial charge in [0, 0.05) is 39.6 Å². The first-order valence-electron chi connectivity index (χ1n) is 11.2. The second kappa shape index (κ2) is 8.79. The minimum Gasteiger partial charge on any atom is -0.475 e. The smallest absolute Gasteiger partial charge is 0.475 e. The van der Waals surface area contributed by atoms with E-state index in [0.29, 0.717) is 32.4 Å². The molecular weight excluding hydrogens is 486 g/mol. The summed E-state index contributed by atoms with van der Waals surface area (Å²) in [4.78, 5) is 44.2. The number of aromatic nitrogens is 2. The third-order valence-electron chi connectivity index (χ3n) is 6.67. The lowest BCUT2D eigenvalue weighted by molar-refractivity contribution is -0.192. The quantitative estimate of drug-likeness (QED) is 0.636. The van der Waals surface area contributed by atoms with E-state index >= 15 is 0 Å². The maximum absolute atomic E-state index is 14.5. The van der Waals surface area contributed by atoms with Gasteiger partial charge >= 0.3 is 12.1 Å². The highest BCUT2D eigenvalue weighted by Gasteiger charge is 2.57. The number of hydrogen-bond acceptors (Lipinski definition) is 5. The number of halogens is 4. The number of carboxylic acids is 1. The average molecular weight is 511 g/mol. The minimum atomic E-state index is -5.08. The number of hydrogen-bond donors (Lipinski definition) is 1. The molecule has 194 valence electrons. The molecule has 5 rings (SSSR count). The molecule has 2 fully saturated rings. The molecule has 2 aromatic heterocycles. The first kappa shape index (κ1) is 25.5. The van der Waals surface area contributed by atoms with E-state index in [-0.39, 0.29) is 12.5 Å². The summed E-state index contributed by atoms with van der Waals surface area (Å²) in [6.45, 7) is 0.994. The average Bonchev–Trinajstić information content (AvgIpc) is 3.22. The molecule has 4 heterocycles. The van der Waals surface area contributed by atoms with Crippen LogP contribution in [0.1, 0.15) is 25.0 Å². The van der Waals surface area contributed by atoms with E-state index in [9.17, 15) is 27.2 Å². The number of likely N-dealkylation sites (N-methyl/N-ethyl adjacent to an activating group) is 1. The molecule has 0 bridgehead atoms. The second-order valence-corrected chi connectivity index (χ2v) is 9.26. The van der Waals surface area contributed by atoms with Crippen LogP contribution in [-0.2, 0) is 19.9 Å². The Balaban J connectivity index is 0.000000384. The lowest BCUT2D eigenvalue weighted by atomic mass is 9.88. The Morgan fingerprint density at radius 2 is 1.81 bits per heavy atom. The van der Waals surface area contributed by atoms with Crippen molar-refractivity contribution in [1.82, 2.24) is 19.4 Å². The standard InChI is InChI=1S/C21H24FN5O2.C2HF3O2/c1-24(2)17(28)13-27-15-5-3-10-23-18(15)26-11-4-6-16(26)21(27)9-12-25(14-21)19(29)20(22)7-8-20;3-2(4,5)1(6)7/h3-6,10-11H,7-9,12-14H2,1-2H3;(H,6,7). The van der Waals surface area contributed by atoms with Gasteiger partial charge in [0.15, 0.2) is 11.5 Å². The number of amides is 2. The molecule has 1 unspecified atom stereocenters. The maximum Gasteiger partial charge on any atom is 0.490 e. The van der Waals surface area contributed by atoms with E-state index in [1.54, 1.807) is 30.1 Å². The topological polar surface area (TPSA) is 99.0 Å². The third-order valence-corrected chi connectivity index (χ3v) is 6.67. The minimum absolute atomic E-state index is 0.0342. The van der Waals surface area contributed by atoms with Crippen LogP contribution in [0.25, 0.3) is 5.82 Å². The van der Waals surface area contributed by atoms with Gasteiger partial charge in [0.2, 0.25) is 5.91 Å². The summed E-state index contributed by atoms with van der Waals surface area (Å²) < 4.78 is 48.3. The van der Waals surface area contributed by atoms with Crippen LogP contribution in [0.3, 0.4) is 0 Å². The van der Waals surface area contributed by atoms with Crippen molar-refractivity contribution in [3.63, 3.8) is 0 Å². The molecule has 1 aliphatic carbocycles. The number of rotatable bonds is 3. The van der Waals surface area contributed by atoms with Crippen molar-refractivity contribution in [2.75, 3.05) is 38.6 Å². The van der Waals surface area contributed by atoms with Gasteiger partial charge in [0.05, 0.1) is 17.9 Å². The van der Waals surface area contributed by atoms with E-state index in [1.165, 1.54) is 0 Å². The largest absolute Gasteiger partial charge is 0.490 e. The van der Waals surface area contributed by atoms with E-state index in [1.807, 2.05) is 35.0 Å². The number of pyridine rings is 1. The first-order chi connectivity index (χ1) is 16.8. The number of carbonyl (C=O) groups is 3. The van der Waals surface area contributed by atoms with Gasteiger partial charge in [0.25, 0.3) is 5.91 Å². The Bertz CT molecular complexity index is 1190. The van der Waals surface area contributed by atoms with Gasteiger partial charge in [-0.2, -0.15) is 13.2 Å². The van der Waals surface area contributed by atoms with Crippen molar-refractivity contribution in [3.8, 4) is 5.82 Å². The first-order valence-corrected chi connectivity index (χ1v) is 11.2. The third kappa shape index (κ3) is 4.37. The molecule has 1 saturated carbocycles. The zero-order valence-corrected chi connectivity index (χ0v) is 19.6. The monoisotopic (exact) mass is 511 g/mol. The van der Waals surface area contributed by atoms with Gasteiger partial charge in [-0.05, 0) is 43.5 Å². The molecule has 0 radical (unpaired) electrons. The van der Waals surface area contributed by atoms with Crippen molar-refractivity contribution >= 4 is 23.5 Å². The summed E-state index contributed by atoms with van der Waals surface area (Å²) in [5.41, 5.74) is -0.450. The van der Waals surface area contributed by atoms with Gasteiger partial charge in [0.1, 0.15) is 5.54 Å². The summed E-state index contributed by atoms with van der Waals surface area (Å²) >= 11 is 0. The van der Waals surface area contributed by atoms with Gasteiger partial charge in [-0.1, -0.05) is 0 Å². The van der Waals surface area contributed by atoms with Crippen LogP contribution in [0, 0.1) is 0 Å². The fourth-order valence-electron chi connectivity index (χ4n) is 4.62. The van der Waals surface area contributed by atoms with Crippen LogP contribution in [0.2, 0.25) is 0 Å². The lowest BCUT2D eigenvalue weighted by Crippen LogP contribution is -2.55. The molecule has 9 nitrogen and oxygen atoms in total. The van der Waals surface area contributed by atoms with Crippen LogP contribution in [0.15, 0.2) is 36.7 Å². The second-order valence-electron chi connectivity index (χ2n) is 9.26. The number of fused-ring (bicyclic) bond motifs is 4. The fourth-order valence-corrected chi connectivity index (χ4v) is 4.62. The van der Waals surface area contributed by atoms with Gasteiger partial charge in [-0.3, -0.25) is 9.59 Å². The SMILES string of the molecule is CN(C)C(=O)CN1c2cccnc2-n2cccc2C12CCN(C(=O)C1(F)CC1)C2.O=C(O)C(F)(F)F. The summed E-state index contributed by atoms with van der Waals surface area (Å²) in [6.07, 6.45) is -0.149. The highest BCUT2D eigenvalue weighted by molar-refractivity contribution is 5.89. The Morgan fingerprint density at radius 1 is 1.14 bits per heavy atom. The number of alkyl halides is 4. The predicted molar refractivity (Wildman–Crippen MR) is 119 cm³/mol. The van der Waals surface area contributed by atoms with Crippen molar-refractivity contribution in [1.29, 1.82) is 0 Å². The molecule has 13 heteroatoms. The molecule has 1 N–H and O–H groups in total. The molecule has 0 aromatic carbocycles. The van der Waals surface area contributed by atoms with Crippen LogP contribution >= 0.6 is 0 Å². The van der Waals surface area contributed by atoms with Crippen molar-refractivity contribution < 1.29 is 37.1 Å². The molecule has 1 atom stereocenters. The van der Waals surface area contributed by atoms with Crippen molar-refractivity contribution in [3.05, 3.63) is 42.4 Å². The number of likely N-dealkylation sites (tertiary alicyclic amines) is 1. The van der Waals surface area contributed by atoms with E-state index in [0.717, 1.165) is 17.2 Å². The Labute approximate surface area is 203 Å². The highest BCUT2D eigenvalue weighted by atomic mass is 19.4. The Kier molecular flexibility index (Phi) is 6.21. The number of nitrogens with zero attached hydrogens (tertiary/aromatic N) is 5. The van der Waals surface area contributed by atoms with Crippen LogP contribution in [0.5, 0.6) is 0 Å². The molecule has 1 saturated heterocycles. The molecule has 1 spiro atoms. The van der Waals surface area contributed by atoms with E-state index < -0.39 is 29.3 Å². The number of anilines is 1. The zero-order valence-electron chi connectivity index (χ0n) is 19.6. The summed E-state index contributed by atoms with van der Waals surface area (Å²) in [6, 6.07) is 7.78. The summed E-state index contributed by atoms with van der Waals surface area (Å²) in [5.74, 6) is -2.44. The summed E-state index contributed by atoms with van der Waals surface area (Å²) in [5, 5.41) is 7.12. The Morgan fingerprint density at radius 3 is 2.39 bits per heavy atom. The normalized spacial score (nSPS) is 21.3. The van der Waals surface area contributed by atoms with E-state index in [4.69, 9.17) is 9.90 Å². The van der Waals surface area contributed by atoms with Gasteiger partial charge in [-0.15, -0.1) is 0 Å². The molecular formula is C23H25F4N5O4. The maximum atomic E-state index is 14.5. The van der Waals surface area contributed by atoms with E-state index in [2.05, 4.69) is 9.88 Å². The zero-order chi connectivity index (χ0) is 26.5. The molecule has 2 aliphatic heterocycles. The molecule has 2 amide bonds. The Hall–Kier alpha value is -3.64. The van der Waals surface area contributed by atoms with Crippen molar-refractivity contribution in [2.24, 2.45) is 0 Å². The lowest BCUT2D eigenvalue weighted by Gasteiger charge is -2.47. The number of carbonyl (C=O) groups excluding carboxylic acids is 2. The fraction of sp³-hybridized carbons (Fsp3) is 0.478. The molecule has 36 heavy (non-hydrogen) atoms. The van der Waals surface area contributed by atoms with Gasteiger partial charge in [-0.25, -0.2) is 14.2 Å². The highest BCUT2D eigenvalue weighted by Crippen LogP contribution is 2.49. The predicted octanol–water partition coefficient (Wildman–Crippen LogP) is 2.34. The number of aliphatic carboxylic acids is 1.